The molecule has 0 spiro atoms. The smallest absolute Gasteiger partial charge is 0.303 e. The van der Waals surface area contributed by atoms with Crippen LogP contribution in [0.5, 0.6) is 0 Å². The maximum Gasteiger partial charge on any atom is 0.303 e. The minimum atomic E-state index is -1.01. The molecule has 1 aromatic rings. The van der Waals surface area contributed by atoms with Crippen LogP contribution in [0.3, 0.4) is 0 Å². The van der Waals surface area contributed by atoms with E-state index in [4.69, 9.17) is 10.2 Å². The molecule has 0 saturated heterocycles. The second kappa shape index (κ2) is 5.09. The first-order valence-corrected chi connectivity index (χ1v) is 4.43. The number of aliphatic carboxylic acids is 2. The molecule has 5 heteroatoms. The van der Waals surface area contributed by atoms with Gasteiger partial charge in [-0.1, -0.05) is 6.07 Å². The lowest BCUT2D eigenvalue weighted by atomic mass is 9.94. The topological polar surface area (TPSA) is 87.5 Å². The molecule has 0 amide bonds. The molecule has 0 aliphatic rings. The molecule has 0 aromatic carbocycles. The van der Waals surface area contributed by atoms with Crippen LogP contribution >= 0.6 is 0 Å². The first-order valence-electron chi connectivity index (χ1n) is 4.43. The van der Waals surface area contributed by atoms with Crippen LogP contribution in [0, 0.1) is 0 Å². The predicted octanol–water partition coefficient (Wildman–Crippen LogP) is 1.11. The normalized spacial score (nSPS) is 10.2. The SMILES string of the molecule is O=C(O)CC(CC(=O)O)c1cccnc1. The molecule has 1 aromatic heterocycles. The van der Waals surface area contributed by atoms with Crippen molar-refractivity contribution in [1.29, 1.82) is 0 Å². The average molecular weight is 209 g/mol. The fourth-order valence-electron chi connectivity index (χ4n) is 1.35. The van der Waals surface area contributed by atoms with Crippen LogP contribution in [0.25, 0.3) is 0 Å². The zero-order valence-corrected chi connectivity index (χ0v) is 7.96. The van der Waals surface area contributed by atoms with Crippen molar-refractivity contribution in [2.75, 3.05) is 0 Å². The monoisotopic (exact) mass is 209 g/mol. The molecule has 0 bridgehead atoms. The van der Waals surface area contributed by atoms with E-state index in [0.717, 1.165) is 0 Å². The molecule has 80 valence electrons. The lowest BCUT2D eigenvalue weighted by Crippen LogP contribution is -2.11. The summed E-state index contributed by atoms with van der Waals surface area (Å²) in [5.41, 5.74) is 0.641. The third kappa shape index (κ3) is 3.76. The van der Waals surface area contributed by atoms with Crippen molar-refractivity contribution in [2.24, 2.45) is 0 Å². The molecule has 0 fully saturated rings. The zero-order chi connectivity index (χ0) is 11.3. The molecule has 0 aliphatic heterocycles. The first kappa shape index (κ1) is 11.2. The quantitative estimate of drug-likeness (QED) is 0.758. The lowest BCUT2D eigenvalue weighted by molar-refractivity contribution is -0.139. The van der Waals surface area contributed by atoms with Crippen molar-refractivity contribution in [3.8, 4) is 0 Å². The number of pyridine rings is 1. The number of carboxylic acids is 2. The molecule has 2 N–H and O–H groups in total. The molecule has 1 rings (SSSR count). The third-order valence-electron chi connectivity index (χ3n) is 2.00. The van der Waals surface area contributed by atoms with E-state index in [9.17, 15) is 9.59 Å². The number of nitrogens with zero attached hydrogens (tertiary/aromatic N) is 1. The molecule has 0 radical (unpaired) electrons. The van der Waals surface area contributed by atoms with Gasteiger partial charge in [0.15, 0.2) is 0 Å². The van der Waals surface area contributed by atoms with Crippen LogP contribution in [0.4, 0.5) is 0 Å². The van der Waals surface area contributed by atoms with Crippen LogP contribution in [-0.4, -0.2) is 27.1 Å². The maximum atomic E-state index is 10.6. The van der Waals surface area contributed by atoms with Gasteiger partial charge < -0.3 is 10.2 Å². The van der Waals surface area contributed by atoms with Crippen molar-refractivity contribution >= 4 is 11.9 Å². The Kier molecular flexibility index (Phi) is 3.79. The highest BCUT2D eigenvalue weighted by Gasteiger charge is 2.18. The second-order valence-corrected chi connectivity index (χ2v) is 3.18. The number of aromatic nitrogens is 1. The summed E-state index contributed by atoms with van der Waals surface area (Å²) in [5.74, 6) is -2.54. The highest BCUT2D eigenvalue weighted by atomic mass is 16.4. The summed E-state index contributed by atoms with van der Waals surface area (Å²) < 4.78 is 0. The van der Waals surface area contributed by atoms with Crippen LogP contribution < -0.4 is 0 Å². The van der Waals surface area contributed by atoms with Gasteiger partial charge in [0, 0.05) is 18.3 Å². The Morgan fingerprint density at radius 3 is 2.27 bits per heavy atom. The van der Waals surface area contributed by atoms with E-state index in [-0.39, 0.29) is 12.8 Å². The number of rotatable bonds is 5. The molecular weight excluding hydrogens is 198 g/mol. The Bertz CT molecular complexity index is 334. The van der Waals surface area contributed by atoms with Gasteiger partial charge in [0.2, 0.25) is 0 Å². The van der Waals surface area contributed by atoms with Gasteiger partial charge in [-0.2, -0.15) is 0 Å². The van der Waals surface area contributed by atoms with Gasteiger partial charge in [-0.15, -0.1) is 0 Å². The highest BCUT2D eigenvalue weighted by Crippen LogP contribution is 2.22. The molecule has 5 nitrogen and oxygen atoms in total. The summed E-state index contributed by atoms with van der Waals surface area (Å²) in [6.45, 7) is 0. The molecule has 1 heterocycles. The Morgan fingerprint density at radius 1 is 1.27 bits per heavy atom. The Morgan fingerprint density at radius 2 is 1.87 bits per heavy atom. The van der Waals surface area contributed by atoms with Crippen molar-refractivity contribution in [1.82, 2.24) is 4.98 Å². The molecular formula is C10H11NO4. The summed E-state index contributed by atoms with van der Waals surface area (Å²) in [6.07, 6.45) is 2.66. The van der Waals surface area contributed by atoms with E-state index >= 15 is 0 Å². The van der Waals surface area contributed by atoms with Gasteiger partial charge in [-0.3, -0.25) is 14.6 Å². The standard InChI is InChI=1S/C10H11NO4/c12-9(13)4-8(5-10(14)15)7-2-1-3-11-6-7/h1-3,6,8H,4-5H2,(H,12,13)(H,14,15). The molecule has 0 atom stereocenters. The third-order valence-corrected chi connectivity index (χ3v) is 2.00. The minimum absolute atomic E-state index is 0.196. The Hall–Kier alpha value is -1.91. The number of hydrogen-bond donors (Lipinski definition) is 2. The molecule has 0 aliphatic carbocycles. The van der Waals surface area contributed by atoms with Crippen molar-refractivity contribution < 1.29 is 19.8 Å². The van der Waals surface area contributed by atoms with Gasteiger partial charge in [-0.05, 0) is 11.6 Å². The Balaban J connectivity index is 2.81. The van der Waals surface area contributed by atoms with E-state index in [0.29, 0.717) is 5.56 Å². The van der Waals surface area contributed by atoms with Gasteiger partial charge in [0.25, 0.3) is 0 Å². The van der Waals surface area contributed by atoms with Crippen LogP contribution in [0.1, 0.15) is 24.3 Å². The van der Waals surface area contributed by atoms with Crippen molar-refractivity contribution in [3.05, 3.63) is 30.1 Å². The number of carbonyl (C=O) groups is 2. The fraction of sp³-hybridized carbons (Fsp3) is 0.300. The van der Waals surface area contributed by atoms with E-state index < -0.39 is 17.9 Å². The molecule has 15 heavy (non-hydrogen) atoms. The zero-order valence-electron chi connectivity index (χ0n) is 7.96. The van der Waals surface area contributed by atoms with Crippen LogP contribution in [-0.2, 0) is 9.59 Å². The summed E-state index contributed by atoms with van der Waals surface area (Å²) in [5, 5.41) is 17.3. The molecule has 0 unspecified atom stereocenters. The maximum absolute atomic E-state index is 10.6. The predicted molar refractivity (Wildman–Crippen MR) is 51.5 cm³/mol. The number of hydrogen-bond acceptors (Lipinski definition) is 3. The summed E-state index contributed by atoms with van der Waals surface area (Å²) in [6, 6.07) is 3.34. The van der Waals surface area contributed by atoms with Crippen molar-refractivity contribution in [3.63, 3.8) is 0 Å². The largest absolute Gasteiger partial charge is 0.481 e. The summed E-state index contributed by atoms with van der Waals surface area (Å²) in [4.78, 5) is 24.9. The van der Waals surface area contributed by atoms with E-state index in [1.54, 1.807) is 18.3 Å². The second-order valence-electron chi connectivity index (χ2n) is 3.18. The van der Waals surface area contributed by atoms with E-state index in [1.807, 2.05) is 0 Å². The Labute approximate surface area is 86.4 Å². The van der Waals surface area contributed by atoms with Gasteiger partial charge in [0.1, 0.15) is 0 Å². The highest BCUT2D eigenvalue weighted by molar-refractivity contribution is 5.72. The van der Waals surface area contributed by atoms with Crippen LogP contribution in [0.15, 0.2) is 24.5 Å². The van der Waals surface area contributed by atoms with Crippen LogP contribution in [0.2, 0.25) is 0 Å². The fourth-order valence-corrected chi connectivity index (χ4v) is 1.35. The van der Waals surface area contributed by atoms with Gasteiger partial charge in [0.05, 0.1) is 12.8 Å². The summed E-state index contributed by atoms with van der Waals surface area (Å²) in [7, 11) is 0. The van der Waals surface area contributed by atoms with Gasteiger partial charge in [-0.25, -0.2) is 0 Å². The van der Waals surface area contributed by atoms with Gasteiger partial charge >= 0.3 is 11.9 Å². The number of carboxylic acid groups (broad SMARTS) is 2. The van der Waals surface area contributed by atoms with E-state index in [2.05, 4.69) is 4.98 Å². The minimum Gasteiger partial charge on any atom is -0.481 e. The average Bonchev–Trinajstić information content (AvgIpc) is 2.17. The van der Waals surface area contributed by atoms with E-state index in [1.165, 1.54) is 6.20 Å². The first-order chi connectivity index (χ1) is 7.09. The lowest BCUT2D eigenvalue weighted by Gasteiger charge is -2.11. The molecule has 0 saturated carbocycles. The van der Waals surface area contributed by atoms with Crippen molar-refractivity contribution in [2.45, 2.75) is 18.8 Å². The summed E-state index contributed by atoms with van der Waals surface area (Å²) >= 11 is 0.